The summed E-state index contributed by atoms with van der Waals surface area (Å²) in [5.74, 6) is 0.103. The lowest BCUT2D eigenvalue weighted by atomic mass is 10.2. The van der Waals surface area contributed by atoms with Gasteiger partial charge in [0.15, 0.2) is 0 Å². The highest BCUT2D eigenvalue weighted by Gasteiger charge is 2.05. The van der Waals surface area contributed by atoms with Gasteiger partial charge in [-0.1, -0.05) is 0 Å². The Kier molecular flexibility index (Phi) is 5.66. The molecule has 0 aliphatic carbocycles. The summed E-state index contributed by atoms with van der Waals surface area (Å²) in [5, 5.41) is 13.4. The third-order valence-corrected chi connectivity index (χ3v) is 2.68. The number of benzene rings is 1. The van der Waals surface area contributed by atoms with Crippen LogP contribution in [0.1, 0.15) is 19.4 Å². The van der Waals surface area contributed by atoms with Gasteiger partial charge in [-0.05, 0) is 32.0 Å². The summed E-state index contributed by atoms with van der Waals surface area (Å²) in [4.78, 5) is 13.0. The second kappa shape index (κ2) is 7.25. The Morgan fingerprint density at radius 1 is 1.47 bits per heavy atom. The number of nitrogens with zero attached hydrogens (tertiary/aromatic N) is 2. The van der Waals surface area contributed by atoms with E-state index in [0.29, 0.717) is 5.56 Å². The molecule has 6 nitrogen and oxygen atoms in total. The molecule has 0 saturated carbocycles. The maximum atomic E-state index is 10.8. The topological polar surface area (TPSA) is 74.2 Å². The van der Waals surface area contributed by atoms with Gasteiger partial charge in [0.1, 0.15) is 5.75 Å². The number of anilines is 1. The van der Waals surface area contributed by atoms with Crippen LogP contribution in [-0.4, -0.2) is 37.6 Å². The van der Waals surface area contributed by atoms with E-state index in [-0.39, 0.29) is 5.75 Å². The van der Waals surface area contributed by atoms with Crippen LogP contribution in [0, 0.1) is 0 Å². The van der Waals surface area contributed by atoms with E-state index in [9.17, 15) is 9.90 Å². The fourth-order valence-electron chi connectivity index (χ4n) is 1.63. The quantitative estimate of drug-likeness (QED) is 0.630. The van der Waals surface area contributed by atoms with Crippen molar-refractivity contribution < 1.29 is 14.6 Å². The van der Waals surface area contributed by atoms with Crippen molar-refractivity contribution in [1.29, 1.82) is 0 Å². The minimum atomic E-state index is -0.657. The maximum Gasteiger partial charge on any atom is 0.427 e. The number of amides is 1. The van der Waals surface area contributed by atoms with E-state index in [4.69, 9.17) is 0 Å². The van der Waals surface area contributed by atoms with Crippen LogP contribution in [0.2, 0.25) is 0 Å². The molecular formula is C13H19N3O3. The molecule has 0 aromatic heterocycles. The zero-order chi connectivity index (χ0) is 14.3. The highest BCUT2D eigenvalue weighted by Crippen LogP contribution is 2.22. The summed E-state index contributed by atoms with van der Waals surface area (Å²) in [6, 6.07) is 5.26. The number of hydrazone groups is 1. The van der Waals surface area contributed by atoms with E-state index in [1.165, 1.54) is 13.3 Å². The first-order valence-corrected chi connectivity index (χ1v) is 6.07. The molecule has 1 rings (SSSR count). The van der Waals surface area contributed by atoms with Crippen molar-refractivity contribution >= 4 is 18.0 Å². The molecule has 1 amide bonds. The zero-order valence-corrected chi connectivity index (χ0v) is 11.4. The summed E-state index contributed by atoms with van der Waals surface area (Å²) in [6.07, 6.45) is 0.717. The van der Waals surface area contributed by atoms with Crippen LogP contribution in [0.25, 0.3) is 0 Å². The minimum Gasteiger partial charge on any atom is -0.507 e. The first-order chi connectivity index (χ1) is 9.12. The van der Waals surface area contributed by atoms with Gasteiger partial charge < -0.3 is 14.7 Å². The van der Waals surface area contributed by atoms with Gasteiger partial charge in [0.25, 0.3) is 0 Å². The zero-order valence-electron chi connectivity index (χ0n) is 11.4. The van der Waals surface area contributed by atoms with Crippen molar-refractivity contribution in [3.8, 4) is 5.75 Å². The van der Waals surface area contributed by atoms with Gasteiger partial charge in [0.2, 0.25) is 0 Å². The number of nitrogens with one attached hydrogen (secondary N) is 1. The molecule has 1 aromatic carbocycles. The molecule has 6 heteroatoms. The number of hydrogen-bond donors (Lipinski definition) is 2. The summed E-state index contributed by atoms with van der Waals surface area (Å²) in [5.41, 5.74) is 3.69. The molecule has 0 aliphatic heterocycles. The predicted molar refractivity (Wildman–Crippen MR) is 74.8 cm³/mol. The number of hydrogen-bond acceptors (Lipinski definition) is 5. The molecule has 0 fully saturated rings. The predicted octanol–water partition coefficient (Wildman–Crippen LogP) is 1.93. The number of phenols is 1. The molecule has 0 heterocycles. The van der Waals surface area contributed by atoms with E-state index in [0.717, 1.165) is 18.8 Å². The van der Waals surface area contributed by atoms with Crippen molar-refractivity contribution in [2.45, 2.75) is 13.8 Å². The SMILES string of the molecule is CCN(CC)c1ccc(O)c(C=NNC(=O)OC)c1. The smallest absolute Gasteiger partial charge is 0.427 e. The van der Waals surface area contributed by atoms with Crippen LogP contribution < -0.4 is 10.3 Å². The molecule has 19 heavy (non-hydrogen) atoms. The lowest BCUT2D eigenvalue weighted by Crippen LogP contribution is -2.21. The molecule has 0 atom stereocenters. The molecule has 0 saturated heterocycles. The monoisotopic (exact) mass is 265 g/mol. The number of carbonyl (C=O) groups excluding carboxylic acids is 1. The summed E-state index contributed by atoms with van der Waals surface area (Å²) in [6.45, 7) is 5.86. The first kappa shape index (κ1) is 14.8. The molecule has 1 aromatic rings. The van der Waals surface area contributed by atoms with Crippen LogP contribution in [0.15, 0.2) is 23.3 Å². The largest absolute Gasteiger partial charge is 0.507 e. The highest BCUT2D eigenvalue weighted by molar-refractivity contribution is 5.86. The fraction of sp³-hybridized carbons (Fsp3) is 0.385. The van der Waals surface area contributed by atoms with E-state index in [1.807, 2.05) is 12.1 Å². The highest BCUT2D eigenvalue weighted by atomic mass is 16.5. The van der Waals surface area contributed by atoms with E-state index in [1.54, 1.807) is 6.07 Å². The van der Waals surface area contributed by atoms with Gasteiger partial charge in [-0.2, -0.15) is 5.10 Å². The Morgan fingerprint density at radius 3 is 2.74 bits per heavy atom. The standard InChI is InChI=1S/C13H19N3O3/c1-4-16(5-2)11-6-7-12(17)10(8-11)9-14-15-13(18)19-3/h6-9,17H,4-5H2,1-3H3,(H,15,18). The van der Waals surface area contributed by atoms with Gasteiger partial charge >= 0.3 is 6.09 Å². The molecular weight excluding hydrogens is 246 g/mol. The Labute approximate surface area is 112 Å². The van der Waals surface area contributed by atoms with Crippen LogP contribution in [0.5, 0.6) is 5.75 Å². The van der Waals surface area contributed by atoms with E-state index in [2.05, 4.69) is 34.0 Å². The van der Waals surface area contributed by atoms with Crippen molar-refractivity contribution in [2.75, 3.05) is 25.1 Å². The molecule has 0 unspecified atom stereocenters. The molecule has 0 radical (unpaired) electrons. The van der Waals surface area contributed by atoms with Crippen molar-refractivity contribution in [3.63, 3.8) is 0 Å². The summed E-state index contributed by atoms with van der Waals surface area (Å²) >= 11 is 0. The van der Waals surface area contributed by atoms with Crippen molar-refractivity contribution in [3.05, 3.63) is 23.8 Å². The normalized spacial score (nSPS) is 10.5. The lowest BCUT2D eigenvalue weighted by molar-refractivity contribution is 0.171. The Bertz CT molecular complexity index is 456. The average Bonchev–Trinajstić information content (AvgIpc) is 2.43. The second-order valence-electron chi connectivity index (χ2n) is 3.78. The third-order valence-electron chi connectivity index (χ3n) is 2.68. The van der Waals surface area contributed by atoms with E-state index < -0.39 is 6.09 Å². The average molecular weight is 265 g/mol. The number of phenolic OH excluding ortho intramolecular Hbond substituents is 1. The Morgan fingerprint density at radius 2 is 2.16 bits per heavy atom. The van der Waals surface area contributed by atoms with Gasteiger partial charge in [0, 0.05) is 24.3 Å². The van der Waals surface area contributed by atoms with Crippen LogP contribution in [-0.2, 0) is 4.74 Å². The van der Waals surface area contributed by atoms with Crippen LogP contribution >= 0.6 is 0 Å². The minimum absolute atomic E-state index is 0.103. The third kappa shape index (κ3) is 4.17. The molecule has 0 aliphatic rings. The summed E-state index contributed by atoms with van der Waals surface area (Å²) in [7, 11) is 1.25. The number of rotatable bonds is 5. The number of aromatic hydroxyl groups is 1. The maximum absolute atomic E-state index is 10.8. The van der Waals surface area contributed by atoms with Gasteiger partial charge in [-0.15, -0.1) is 0 Å². The Balaban J connectivity index is 2.88. The van der Waals surface area contributed by atoms with Gasteiger partial charge in [-0.3, -0.25) is 0 Å². The number of carbonyl (C=O) groups is 1. The van der Waals surface area contributed by atoms with E-state index >= 15 is 0 Å². The van der Waals surface area contributed by atoms with Gasteiger partial charge in [-0.25, -0.2) is 10.2 Å². The number of methoxy groups -OCH3 is 1. The Hall–Kier alpha value is -2.24. The van der Waals surface area contributed by atoms with Crippen LogP contribution in [0.4, 0.5) is 10.5 Å². The molecule has 104 valence electrons. The molecule has 2 N–H and O–H groups in total. The fourth-order valence-corrected chi connectivity index (χ4v) is 1.63. The molecule has 0 spiro atoms. The van der Waals surface area contributed by atoms with Crippen molar-refractivity contribution in [2.24, 2.45) is 5.10 Å². The molecule has 0 bridgehead atoms. The second-order valence-corrected chi connectivity index (χ2v) is 3.78. The first-order valence-electron chi connectivity index (χ1n) is 6.07. The van der Waals surface area contributed by atoms with Gasteiger partial charge in [0.05, 0.1) is 13.3 Å². The number of ether oxygens (including phenoxy) is 1. The summed E-state index contributed by atoms with van der Waals surface area (Å²) < 4.78 is 4.38. The van der Waals surface area contributed by atoms with Crippen molar-refractivity contribution in [1.82, 2.24) is 5.43 Å². The van der Waals surface area contributed by atoms with Crippen LogP contribution in [0.3, 0.4) is 0 Å². The lowest BCUT2D eigenvalue weighted by Gasteiger charge is -2.21.